The van der Waals surface area contributed by atoms with Crippen molar-refractivity contribution >= 4 is 61.7 Å². The molecule has 0 radical (unpaired) electrons. The van der Waals surface area contributed by atoms with Crippen LogP contribution >= 0.6 is 43.5 Å². The molecule has 3 aromatic rings. The van der Waals surface area contributed by atoms with Gasteiger partial charge >= 0.3 is 12.0 Å². The Morgan fingerprint density at radius 2 is 1.91 bits per heavy atom. The number of urea groups is 1. The summed E-state index contributed by atoms with van der Waals surface area (Å²) in [6.07, 6.45) is 0.335. The van der Waals surface area contributed by atoms with Crippen LogP contribution in [0.25, 0.3) is 0 Å². The van der Waals surface area contributed by atoms with Crippen LogP contribution in [0.4, 0.5) is 4.79 Å². The topological polar surface area (TPSA) is 140 Å². The van der Waals surface area contributed by atoms with Gasteiger partial charge in [-0.1, -0.05) is 51.8 Å². The zero-order valence-electron chi connectivity index (χ0n) is 24.5. The summed E-state index contributed by atoms with van der Waals surface area (Å²) < 4.78 is 24.1. The van der Waals surface area contributed by atoms with Crippen LogP contribution < -0.4 is 30.3 Å². The van der Waals surface area contributed by atoms with E-state index >= 15 is 0 Å². The molecule has 0 aromatic heterocycles. The summed E-state index contributed by atoms with van der Waals surface area (Å²) in [5.41, 5.74) is 5.34. The highest BCUT2D eigenvalue weighted by molar-refractivity contribution is 9.11. The monoisotopic (exact) mass is 764 g/mol. The lowest BCUT2D eigenvalue weighted by molar-refractivity contribution is -0.136. The molecular weight excluding hydrogens is 736 g/mol. The molecule has 0 saturated heterocycles. The number of hydrogen-bond donors (Lipinski definition) is 4. The lowest BCUT2D eigenvalue weighted by Crippen LogP contribution is -2.45. The van der Waals surface area contributed by atoms with Gasteiger partial charge in [-0.15, -0.1) is 0 Å². The highest BCUT2D eigenvalue weighted by atomic mass is 79.9. The summed E-state index contributed by atoms with van der Waals surface area (Å²) in [7, 11) is 1.27. The minimum Gasteiger partial charge on any atom is -0.490 e. The number of esters is 1. The van der Waals surface area contributed by atoms with E-state index in [4.69, 9.17) is 30.5 Å². The van der Waals surface area contributed by atoms with Crippen molar-refractivity contribution in [2.75, 3.05) is 20.3 Å². The van der Waals surface area contributed by atoms with Crippen molar-refractivity contribution in [3.8, 4) is 17.2 Å². The third-order valence-electron chi connectivity index (χ3n) is 6.47. The molecule has 0 saturated carbocycles. The predicted octanol–water partition coefficient (Wildman–Crippen LogP) is 5.96. The average Bonchev–Trinajstić information content (AvgIpc) is 3.00. The van der Waals surface area contributed by atoms with E-state index in [0.717, 1.165) is 10.0 Å². The van der Waals surface area contributed by atoms with E-state index in [1.165, 1.54) is 13.3 Å². The maximum Gasteiger partial charge on any atom is 0.337 e. The van der Waals surface area contributed by atoms with Crippen LogP contribution in [0, 0.1) is 0 Å². The standard InChI is InChI=1S/C31H31Br2ClN4O7/c1-4-43-25-12-18(28-27(30(40)42-3)17(2)36-31(41)37-28)9-10-24(25)44-16-26(39)38-35-14-20-11-21(32)13-22(33)29(20)45-15-19-7-5-6-8-23(19)34/h5-14,26,28,38-39H,4,15-16H2,1-3H3,(H2,36,37,41)/b35-14+/t26-,28+/m1/s1. The van der Waals surface area contributed by atoms with Crippen LogP contribution in [-0.4, -0.2) is 49.9 Å². The molecule has 2 atom stereocenters. The molecule has 14 heteroatoms. The number of benzene rings is 3. The van der Waals surface area contributed by atoms with Gasteiger partial charge in [-0.3, -0.25) is 5.43 Å². The van der Waals surface area contributed by atoms with Crippen molar-refractivity contribution in [2.45, 2.75) is 32.7 Å². The van der Waals surface area contributed by atoms with Gasteiger partial charge in [0, 0.05) is 26.3 Å². The molecule has 45 heavy (non-hydrogen) atoms. The Balaban J connectivity index is 1.43. The summed E-state index contributed by atoms with van der Waals surface area (Å²) in [6, 6.07) is 14.9. The molecule has 0 unspecified atom stereocenters. The molecular formula is C31H31Br2ClN4O7. The van der Waals surface area contributed by atoms with E-state index in [-0.39, 0.29) is 18.8 Å². The number of nitrogens with zero attached hydrogens (tertiary/aromatic N) is 1. The van der Waals surface area contributed by atoms with Crippen LogP contribution in [0.2, 0.25) is 5.02 Å². The molecule has 4 rings (SSSR count). The van der Waals surface area contributed by atoms with Gasteiger partial charge in [-0.05, 0) is 65.7 Å². The van der Waals surface area contributed by atoms with E-state index < -0.39 is 24.3 Å². The van der Waals surface area contributed by atoms with Crippen LogP contribution in [0.1, 0.15) is 36.6 Å². The molecule has 1 heterocycles. The van der Waals surface area contributed by atoms with Crippen molar-refractivity contribution < 1.29 is 33.6 Å². The normalized spacial score (nSPS) is 15.3. The van der Waals surface area contributed by atoms with Crippen LogP contribution in [0.5, 0.6) is 17.2 Å². The van der Waals surface area contributed by atoms with E-state index in [1.807, 2.05) is 37.3 Å². The number of ether oxygens (including phenoxy) is 4. The molecule has 11 nitrogen and oxygen atoms in total. The highest BCUT2D eigenvalue weighted by Crippen LogP contribution is 2.35. The number of rotatable bonds is 13. The Morgan fingerprint density at radius 1 is 1.13 bits per heavy atom. The minimum atomic E-state index is -1.18. The Bertz CT molecular complexity index is 1620. The van der Waals surface area contributed by atoms with Gasteiger partial charge in [0.05, 0.1) is 36.0 Å². The van der Waals surface area contributed by atoms with Crippen molar-refractivity contribution in [3.63, 3.8) is 0 Å². The van der Waals surface area contributed by atoms with Gasteiger partial charge in [-0.2, -0.15) is 5.10 Å². The molecule has 1 aliphatic heterocycles. The molecule has 0 fully saturated rings. The number of carbonyl (C=O) groups excluding carboxylic acids is 2. The lowest BCUT2D eigenvalue weighted by atomic mass is 9.95. The smallest absolute Gasteiger partial charge is 0.337 e. The Labute approximate surface area is 282 Å². The van der Waals surface area contributed by atoms with Crippen molar-refractivity contribution in [1.82, 2.24) is 16.1 Å². The maximum atomic E-state index is 12.5. The van der Waals surface area contributed by atoms with Crippen LogP contribution in [-0.2, 0) is 16.1 Å². The van der Waals surface area contributed by atoms with Crippen LogP contribution in [0.3, 0.4) is 0 Å². The third kappa shape index (κ3) is 8.91. The molecule has 4 N–H and O–H groups in total. The first-order valence-corrected chi connectivity index (χ1v) is 15.7. The number of carbonyl (C=O) groups is 2. The minimum absolute atomic E-state index is 0.175. The fraction of sp³-hybridized carbons (Fsp3) is 0.258. The predicted molar refractivity (Wildman–Crippen MR) is 177 cm³/mol. The summed E-state index contributed by atoms with van der Waals surface area (Å²) >= 11 is 13.3. The third-order valence-corrected chi connectivity index (χ3v) is 7.88. The van der Waals surface area contributed by atoms with Crippen molar-refractivity contribution in [3.05, 3.63) is 96.5 Å². The van der Waals surface area contributed by atoms with E-state index in [0.29, 0.717) is 50.2 Å². The Kier molecular flexibility index (Phi) is 12.1. The highest BCUT2D eigenvalue weighted by Gasteiger charge is 2.32. The zero-order valence-corrected chi connectivity index (χ0v) is 28.5. The number of aliphatic hydroxyl groups is 1. The van der Waals surface area contributed by atoms with Gasteiger partial charge in [0.1, 0.15) is 19.0 Å². The van der Waals surface area contributed by atoms with E-state index in [1.54, 1.807) is 31.2 Å². The van der Waals surface area contributed by atoms with Gasteiger partial charge < -0.3 is 34.7 Å². The molecule has 238 valence electrons. The summed E-state index contributed by atoms with van der Waals surface area (Å²) in [4.78, 5) is 24.6. The number of hydrazone groups is 1. The fourth-order valence-corrected chi connectivity index (χ4v) is 5.97. The second-order valence-corrected chi connectivity index (χ2v) is 11.8. The van der Waals surface area contributed by atoms with Crippen molar-refractivity contribution in [2.24, 2.45) is 5.10 Å². The van der Waals surface area contributed by atoms with Crippen molar-refractivity contribution in [1.29, 1.82) is 0 Å². The number of hydrogen-bond acceptors (Lipinski definition) is 9. The van der Waals surface area contributed by atoms with Gasteiger partial charge in [0.2, 0.25) is 0 Å². The second-order valence-electron chi connectivity index (χ2n) is 9.60. The number of allylic oxidation sites excluding steroid dienone is 1. The molecule has 2 amide bonds. The number of halogens is 3. The van der Waals surface area contributed by atoms with Gasteiger partial charge in [0.25, 0.3) is 0 Å². The summed E-state index contributed by atoms with van der Waals surface area (Å²) in [5, 5.41) is 20.6. The SMILES string of the molecule is CCOc1cc([C@@H]2NC(=O)NC(C)=C2C(=O)OC)ccc1OC[C@@H](O)N/N=C/c1cc(Br)cc(Br)c1OCc1ccccc1Cl. The first-order valence-electron chi connectivity index (χ1n) is 13.7. The number of nitrogens with one attached hydrogen (secondary N) is 3. The van der Waals surface area contributed by atoms with Gasteiger partial charge in [0.15, 0.2) is 17.7 Å². The number of amides is 2. The molecule has 1 aliphatic rings. The molecule has 0 bridgehead atoms. The summed E-state index contributed by atoms with van der Waals surface area (Å²) in [6.45, 7) is 3.83. The number of methoxy groups -OCH3 is 1. The molecule has 0 spiro atoms. The van der Waals surface area contributed by atoms with E-state index in [2.05, 4.69) is 53.0 Å². The number of aliphatic hydroxyl groups excluding tert-OH is 1. The Morgan fingerprint density at radius 3 is 2.64 bits per heavy atom. The fourth-order valence-electron chi connectivity index (χ4n) is 4.41. The quantitative estimate of drug-likeness (QED) is 0.0724. The zero-order chi connectivity index (χ0) is 32.5. The molecule has 0 aliphatic carbocycles. The first kappa shape index (κ1) is 34.1. The molecule has 3 aromatic carbocycles. The van der Waals surface area contributed by atoms with E-state index in [9.17, 15) is 14.7 Å². The first-order chi connectivity index (χ1) is 21.6. The maximum absolute atomic E-state index is 12.5. The second kappa shape index (κ2) is 16.0. The van der Waals surface area contributed by atoms with Crippen LogP contribution in [0.15, 0.2) is 79.9 Å². The average molecular weight is 767 g/mol. The largest absolute Gasteiger partial charge is 0.490 e. The summed E-state index contributed by atoms with van der Waals surface area (Å²) in [5.74, 6) is 0.672. The lowest BCUT2D eigenvalue weighted by Gasteiger charge is -2.28. The Hall–Kier alpha value is -3.78. The van der Waals surface area contributed by atoms with Gasteiger partial charge in [-0.25, -0.2) is 9.59 Å².